The Hall–Kier alpha value is -1.65. The molecular formula is C16H13Cl2N3. The molecule has 0 spiro atoms. The molecule has 0 radical (unpaired) electrons. The van der Waals surface area contributed by atoms with Crippen molar-refractivity contribution in [3.63, 3.8) is 0 Å². The van der Waals surface area contributed by atoms with E-state index in [0.717, 1.165) is 16.3 Å². The first-order valence-corrected chi connectivity index (χ1v) is 7.21. The zero-order valence-corrected chi connectivity index (χ0v) is 12.6. The van der Waals surface area contributed by atoms with E-state index in [4.69, 9.17) is 29.0 Å². The first kappa shape index (κ1) is 14.3. The Morgan fingerprint density at radius 2 is 1.81 bits per heavy atom. The van der Waals surface area contributed by atoms with Crippen LogP contribution >= 0.6 is 23.2 Å². The Bertz CT molecular complexity index is 784. The smallest absolute Gasteiger partial charge is 0.0902 e. The monoisotopic (exact) mass is 317 g/mol. The summed E-state index contributed by atoms with van der Waals surface area (Å²) in [6.45, 7) is 0. The van der Waals surface area contributed by atoms with Gasteiger partial charge in [-0.1, -0.05) is 65.7 Å². The van der Waals surface area contributed by atoms with Crippen molar-refractivity contribution in [2.75, 3.05) is 0 Å². The number of rotatable bonds is 3. The maximum Gasteiger partial charge on any atom is 0.0902 e. The van der Waals surface area contributed by atoms with Crippen molar-refractivity contribution < 1.29 is 0 Å². The predicted molar refractivity (Wildman–Crippen MR) is 87.4 cm³/mol. The summed E-state index contributed by atoms with van der Waals surface area (Å²) in [5.74, 6) is 5.75. The number of pyridine rings is 1. The Morgan fingerprint density at radius 3 is 2.57 bits per heavy atom. The lowest BCUT2D eigenvalue weighted by Crippen LogP contribution is -2.30. The maximum atomic E-state index is 6.26. The second-order valence-electron chi connectivity index (χ2n) is 4.69. The molecule has 3 N–H and O–H groups in total. The highest BCUT2D eigenvalue weighted by Crippen LogP contribution is 2.31. The van der Waals surface area contributed by atoms with Crippen LogP contribution in [0.5, 0.6) is 0 Å². The molecule has 0 aliphatic carbocycles. The van der Waals surface area contributed by atoms with Gasteiger partial charge in [0, 0.05) is 6.20 Å². The van der Waals surface area contributed by atoms with Crippen LogP contribution in [0.4, 0.5) is 0 Å². The summed E-state index contributed by atoms with van der Waals surface area (Å²) in [7, 11) is 0. The number of hydrazine groups is 1. The molecule has 0 aliphatic heterocycles. The second kappa shape index (κ2) is 6.00. The van der Waals surface area contributed by atoms with E-state index in [9.17, 15) is 0 Å². The molecule has 3 aromatic rings. The van der Waals surface area contributed by atoms with Crippen LogP contribution in [0.15, 0.2) is 54.7 Å². The number of nitrogens with zero attached hydrogens (tertiary/aromatic N) is 1. The molecule has 3 nitrogen and oxygen atoms in total. The molecule has 1 unspecified atom stereocenters. The molecule has 1 atom stereocenters. The Kier molecular flexibility index (Phi) is 4.08. The van der Waals surface area contributed by atoms with E-state index in [0.29, 0.717) is 15.7 Å². The van der Waals surface area contributed by atoms with Crippen LogP contribution in [0, 0.1) is 0 Å². The van der Waals surface area contributed by atoms with E-state index in [1.807, 2.05) is 24.3 Å². The predicted octanol–water partition coefficient (Wildman–Crippen LogP) is 4.09. The van der Waals surface area contributed by atoms with Gasteiger partial charge < -0.3 is 0 Å². The third-order valence-electron chi connectivity index (χ3n) is 3.41. The van der Waals surface area contributed by atoms with Crippen molar-refractivity contribution in [3.8, 4) is 0 Å². The summed E-state index contributed by atoms with van der Waals surface area (Å²) >= 11 is 12.2. The minimum atomic E-state index is -0.305. The van der Waals surface area contributed by atoms with Gasteiger partial charge in [0.05, 0.1) is 21.8 Å². The van der Waals surface area contributed by atoms with Gasteiger partial charge in [-0.2, -0.15) is 0 Å². The van der Waals surface area contributed by atoms with Crippen molar-refractivity contribution in [2.45, 2.75) is 6.04 Å². The van der Waals surface area contributed by atoms with Crippen LogP contribution in [-0.2, 0) is 0 Å². The first-order valence-electron chi connectivity index (χ1n) is 6.45. The standard InChI is InChI=1S/C16H13Cl2N3/c17-11-8-14(18)16(20-9-11)15(21-19)13-7-3-5-10-4-1-2-6-12(10)13/h1-9,15,21H,19H2. The Balaban J connectivity index is 2.18. The molecule has 0 fully saturated rings. The summed E-state index contributed by atoms with van der Waals surface area (Å²) in [5, 5.41) is 3.23. The molecule has 0 saturated heterocycles. The lowest BCUT2D eigenvalue weighted by molar-refractivity contribution is 0.625. The number of aromatic nitrogens is 1. The minimum Gasteiger partial charge on any atom is -0.271 e. The van der Waals surface area contributed by atoms with E-state index >= 15 is 0 Å². The summed E-state index contributed by atoms with van der Waals surface area (Å²) in [6.07, 6.45) is 1.57. The summed E-state index contributed by atoms with van der Waals surface area (Å²) < 4.78 is 0. The number of hydrogen-bond acceptors (Lipinski definition) is 3. The Labute approximate surface area is 132 Å². The van der Waals surface area contributed by atoms with Crippen LogP contribution in [0.25, 0.3) is 10.8 Å². The van der Waals surface area contributed by atoms with E-state index in [2.05, 4.69) is 28.6 Å². The van der Waals surface area contributed by atoms with Crippen LogP contribution in [0.3, 0.4) is 0 Å². The van der Waals surface area contributed by atoms with Gasteiger partial charge >= 0.3 is 0 Å². The van der Waals surface area contributed by atoms with Gasteiger partial charge in [-0.05, 0) is 22.4 Å². The van der Waals surface area contributed by atoms with Gasteiger partial charge in [0.25, 0.3) is 0 Å². The van der Waals surface area contributed by atoms with Crippen molar-refractivity contribution in [3.05, 3.63) is 76.0 Å². The third kappa shape index (κ3) is 2.74. The van der Waals surface area contributed by atoms with Crippen molar-refractivity contribution >= 4 is 34.0 Å². The van der Waals surface area contributed by atoms with Gasteiger partial charge in [0.1, 0.15) is 0 Å². The zero-order chi connectivity index (χ0) is 14.8. The zero-order valence-electron chi connectivity index (χ0n) is 11.1. The number of hydrogen-bond donors (Lipinski definition) is 2. The third-order valence-corrected chi connectivity index (χ3v) is 3.92. The fraction of sp³-hybridized carbons (Fsp3) is 0.0625. The van der Waals surface area contributed by atoms with Gasteiger partial charge in [-0.25, -0.2) is 5.43 Å². The molecule has 5 heteroatoms. The molecular weight excluding hydrogens is 305 g/mol. The average molecular weight is 318 g/mol. The number of nitrogens with two attached hydrogens (primary N) is 1. The van der Waals surface area contributed by atoms with Crippen LogP contribution in [0.1, 0.15) is 17.3 Å². The van der Waals surface area contributed by atoms with Gasteiger partial charge in [0.15, 0.2) is 0 Å². The lowest BCUT2D eigenvalue weighted by Gasteiger charge is -2.19. The number of nitrogens with one attached hydrogen (secondary N) is 1. The number of halogens is 2. The SMILES string of the molecule is NNC(c1ncc(Cl)cc1Cl)c1cccc2ccccc12. The summed E-state index contributed by atoms with van der Waals surface area (Å²) in [4.78, 5) is 4.33. The molecule has 106 valence electrons. The number of fused-ring (bicyclic) bond motifs is 1. The molecule has 0 bridgehead atoms. The average Bonchev–Trinajstić information content (AvgIpc) is 2.50. The molecule has 1 aromatic heterocycles. The quantitative estimate of drug-likeness (QED) is 0.565. The highest BCUT2D eigenvalue weighted by Gasteiger charge is 2.19. The van der Waals surface area contributed by atoms with Crippen LogP contribution in [-0.4, -0.2) is 4.98 Å². The van der Waals surface area contributed by atoms with Crippen molar-refractivity contribution in [1.29, 1.82) is 0 Å². The van der Waals surface area contributed by atoms with E-state index in [-0.39, 0.29) is 6.04 Å². The normalized spacial score (nSPS) is 12.5. The molecule has 2 aromatic carbocycles. The number of benzene rings is 2. The van der Waals surface area contributed by atoms with Gasteiger partial charge in [0.2, 0.25) is 0 Å². The molecule has 0 aliphatic rings. The van der Waals surface area contributed by atoms with Gasteiger partial charge in [-0.3, -0.25) is 10.8 Å². The lowest BCUT2D eigenvalue weighted by atomic mass is 9.97. The van der Waals surface area contributed by atoms with Crippen LogP contribution < -0.4 is 11.3 Å². The Morgan fingerprint density at radius 1 is 1.05 bits per heavy atom. The highest BCUT2D eigenvalue weighted by molar-refractivity contribution is 6.34. The fourth-order valence-electron chi connectivity index (χ4n) is 2.46. The molecule has 21 heavy (non-hydrogen) atoms. The largest absolute Gasteiger partial charge is 0.271 e. The topological polar surface area (TPSA) is 50.9 Å². The maximum absolute atomic E-state index is 6.26. The first-order chi connectivity index (χ1) is 10.2. The van der Waals surface area contributed by atoms with Crippen LogP contribution in [0.2, 0.25) is 10.0 Å². The molecule has 0 saturated carbocycles. The van der Waals surface area contributed by atoms with Gasteiger partial charge in [-0.15, -0.1) is 0 Å². The highest BCUT2D eigenvalue weighted by atomic mass is 35.5. The van der Waals surface area contributed by atoms with E-state index < -0.39 is 0 Å². The van der Waals surface area contributed by atoms with E-state index in [1.54, 1.807) is 12.3 Å². The molecule has 3 rings (SSSR count). The van der Waals surface area contributed by atoms with Crippen molar-refractivity contribution in [2.24, 2.45) is 5.84 Å². The van der Waals surface area contributed by atoms with E-state index in [1.165, 1.54) is 0 Å². The summed E-state index contributed by atoms with van der Waals surface area (Å²) in [5.41, 5.74) is 4.47. The summed E-state index contributed by atoms with van der Waals surface area (Å²) in [6, 6.07) is 15.5. The molecule has 0 amide bonds. The minimum absolute atomic E-state index is 0.305. The second-order valence-corrected chi connectivity index (χ2v) is 5.53. The van der Waals surface area contributed by atoms with Crippen molar-refractivity contribution in [1.82, 2.24) is 10.4 Å². The molecule has 1 heterocycles. The fourth-order valence-corrected chi connectivity index (χ4v) is 2.94.